The molecule has 2 amide bonds. The highest BCUT2D eigenvalue weighted by atomic mass is 16.2. The fourth-order valence-corrected chi connectivity index (χ4v) is 3.46. The normalized spacial score (nSPS) is 15.5. The van der Waals surface area contributed by atoms with E-state index in [9.17, 15) is 9.59 Å². The third-order valence-electron chi connectivity index (χ3n) is 4.85. The molecule has 26 heavy (non-hydrogen) atoms. The van der Waals surface area contributed by atoms with Gasteiger partial charge in [-0.1, -0.05) is 36.4 Å². The number of carbonyl (C=O) groups excluding carboxylic acids is 2. The Hall–Kier alpha value is -2.82. The van der Waals surface area contributed by atoms with Crippen LogP contribution in [0.3, 0.4) is 0 Å². The lowest BCUT2D eigenvalue weighted by Crippen LogP contribution is -2.42. The SMILES string of the molecule is Cc1cccc(C)c1NC(=O)CNC(=O)CN1c2ccccc2C[C@@H]1C. The van der Waals surface area contributed by atoms with E-state index in [1.165, 1.54) is 5.56 Å². The predicted octanol–water partition coefficient (Wildman–Crippen LogP) is 2.81. The minimum absolute atomic E-state index is 0.0313. The van der Waals surface area contributed by atoms with E-state index in [1.807, 2.05) is 50.2 Å². The van der Waals surface area contributed by atoms with Crippen LogP contribution in [0.25, 0.3) is 0 Å². The van der Waals surface area contributed by atoms with Crippen LogP contribution in [-0.4, -0.2) is 30.9 Å². The first-order chi connectivity index (χ1) is 12.5. The van der Waals surface area contributed by atoms with E-state index in [4.69, 9.17) is 0 Å². The quantitative estimate of drug-likeness (QED) is 0.871. The van der Waals surface area contributed by atoms with Crippen LogP contribution in [-0.2, 0) is 16.0 Å². The molecule has 0 radical (unpaired) electrons. The van der Waals surface area contributed by atoms with Crippen molar-refractivity contribution >= 4 is 23.2 Å². The van der Waals surface area contributed by atoms with Gasteiger partial charge in [0.25, 0.3) is 0 Å². The monoisotopic (exact) mass is 351 g/mol. The molecule has 0 aliphatic carbocycles. The lowest BCUT2D eigenvalue weighted by Gasteiger charge is -2.24. The Morgan fingerprint density at radius 2 is 1.73 bits per heavy atom. The van der Waals surface area contributed by atoms with E-state index in [0.717, 1.165) is 28.9 Å². The molecule has 0 bridgehead atoms. The molecule has 0 aromatic heterocycles. The molecule has 5 nitrogen and oxygen atoms in total. The number of nitrogens with zero attached hydrogens (tertiary/aromatic N) is 1. The zero-order chi connectivity index (χ0) is 18.7. The minimum Gasteiger partial charge on any atom is -0.359 e. The maximum Gasteiger partial charge on any atom is 0.243 e. The standard InChI is InChI=1S/C21H25N3O2/c1-14-7-6-8-15(2)21(14)23-19(25)12-22-20(26)13-24-16(3)11-17-9-4-5-10-18(17)24/h4-10,16H,11-13H2,1-3H3,(H,22,26)(H,23,25)/t16-/m0/s1. The number of amides is 2. The number of rotatable bonds is 5. The van der Waals surface area contributed by atoms with E-state index in [1.54, 1.807) is 0 Å². The van der Waals surface area contributed by atoms with Crippen molar-refractivity contribution in [1.29, 1.82) is 0 Å². The fraction of sp³-hybridized carbons (Fsp3) is 0.333. The van der Waals surface area contributed by atoms with Crippen molar-refractivity contribution in [2.75, 3.05) is 23.3 Å². The largest absolute Gasteiger partial charge is 0.359 e. The zero-order valence-electron chi connectivity index (χ0n) is 15.5. The lowest BCUT2D eigenvalue weighted by molar-refractivity contribution is -0.123. The third-order valence-corrected chi connectivity index (χ3v) is 4.85. The van der Waals surface area contributed by atoms with Gasteiger partial charge in [0.05, 0.1) is 13.1 Å². The molecular weight excluding hydrogens is 326 g/mol. The second kappa shape index (κ2) is 7.60. The van der Waals surface area contributed by atoms with Gasteiger partial charge < -0.3 is 15.5 Å². The van der Waals surface area contributed by atoms with Crippen LogP contribution in [0.5, 0.6) is 0 Å². The summed E-state index contributed by atoms with van der Waals surface area (Å²) >= 11 is 0. The highest BCUT2D eigenvalue weighted by Crippen LogP contribution is 2.31. The van der Waals surface area contributed by atoms with Crippen LogP contribution in [0, 0.1) is 13.8 Å². The van der Waals surface area contributed by atoms with Crippen LogP contribution >= 0.6 is 0 Å². The number of nitrogens with one attached hydrogen (secondary N) is 2. The van der Waals surface area contributed by atoms with Crippen molar-refractivity contribution in [2.24, 2.45) is 0 Å². The summed E-state index contributed by atoms with van der Waals surface area (Å²) in [6.45, 7) is 6.24. The minimum atomic E-state index is -0.217. The van der Waals surface area contributed by atoms with Gasteiger partial charge in [-0.15, -0.1) is 0 Å². The number of para-hydroxylation sites is 2. The Kier molecular flexibility index (Phi) is 5.26. The van der Waals surface area contributed by atoms with Crippen molar-refractivity contribution in [3.63, 3.8) is 0 Å². The van der Waals surface area contributed by atoms with Crippen molar-refractivity contribution in [3.05, 3.63) is 59.2 Å². The number of hydrogen-bond donors (Lipinski definition) is 2. The maximum absolute atomic E-state index is 12.3. The Balaban J connectivity index is 1.54. The second-order valence-corrected chi connectivity index (χ2v) is 6.90. The van der Waals surface area contributed by atoms with Gasteiger partial charge >= 0.3 is 0 Å². The number of benzene rings is 2. The molecule has 2 N–H and O–H groups in total. The first-order valence-electron chi connectivity index (χ1n) is 8.93. The fourth-order valence-electron chi connectivity index (χ4n) is 3.46. The second-order valence-electron chi connectivity index (χ2n) is 6.90. The van der Waals surface area contributed by atoms with Crippen molar-refractivity contribution in [2.45, 2.75) is 33.2 Å². The molecular formula is C21H25N3O2. The van der Waals surface area contributed by atoms with Gasteiger partial charge in [-0.2, -0.15) is 0 Å². The lowest BCUT2D eigenvalue weighted by atomic mass is 10.1. The summed E-state index contributed by atoms with van der Waals surface area (Å²) in [6, 6.07) is 14.3. The molecule has 1 heterocycles. The van der Waals surface area contributed by atoms with Crippen molar-refractivity contribution < 1.29 is 9.59 Å². The van der Waals surface area contributed by atoms with Crippen LogP contribution in [0.4, 0.5) is 11.4 Å². The van der Waals surface area contributed by atoms with Crippen molar-refractivity contribution in [1.82, 2.24) is 5.32 Å². The number of hydrogen-bond acceptors (Lipinski definition) is 3. The molecule has 0 saturated heterocycles. The Morgan fingerprint density at radius 3 is 2.46 bits per heavy atom. The highest BCUT2D eigenvalue weighted by Gasteiger charge is 2.27. The summed E-state index contributed by atoms with van der Waals surface area (Å²) in [5.74, 6) is -0.365. The topological polar surface area (TPSA) is 61.4 Å². The van der Waals surface area contributed by atoms with Gasteiger partial charge in [0.1, 0.15) is 0 Å². The maximum atomic E-state index is 12.3. The van der Waals surface area contributed by atoms with E-state index in [0.29, 0.717) is 0 Å². The van der Waals surface area contributed by atoms with Crippen LogP contribution in [0.15, 0.2) is 42.5 Å². The predicted molar refractivity (Wildman–Crippen MR) is 105 cm³/mol. The van der Waals surface area contributed by atoms with E-state index < -0.39 is 0 Å². The van der Waals surface area contributed by atoms with Gasteiger partial charge in [0, 0.05) is 17.4 Å². The molecule has 1 atom stereocenters. The molecule has 0 fully saturated rings. The Bertz CT molecular complexity index is 812. The van der Waals surface area contributed by atoms with Crippen LogP contribution in [0.1, 0.15) is 23.6 Å². The van der Waals surface area contributed by atoms with Gasteiger partial charge in [-0.3, -0.25) is 9.59 Å². The first kappa shape index (κ1) is 18.0. The molecule has 3 rings (SSSR count). The molecule has 1 aliphatic heterocycles. The van der Waals surface area contributed by atoms with Gasteiger partial charge in [-0.25, -0.2) is 0 Å². The third kappa shape index (κ3) is 3.87. The summed E-state index contributed by atoms with van der Waals surface area (Å²) in [4.78, 5) is 26.6. The summed E-state index contributed by atoms with van der Waals surface area (Å²) in [6.07, 6.45) is 0.941. The number of aryl methyl sites for hydroxylation is 2. The summed E-state index contributed by atoms with van der Waals surface area (Å²) < 4.78 is 0. The average Bonchev–Trinajstić information content (AvgIpc) is 2.92. The number of fused-ring (bicyclic) bond motifs is 1. The zero-order valence-corrected chi connectivity index (χ0v) is 15.5. The molecule has 0 unspecified atom stereocenters. The summed E-state index contributed by atoms with van der Waals surface area (Å²) in [5.41, 5.74) is 5.20. The van der Waals surface area contributed by atoms with E-state index in [-0.39, 0.29) is 30.9 Å². The molecule has 2 aromatic rings. The molecule has 0 saturated carbocycles. The molecule has 2 aromatic carbocycles. The highest BCUT2D eigenvalue weighted by molar-refractivity contribution is 5.96. The molecule has 5 heteroatoms. The number of anilines is 2. The van der Waals surface area contributed by atoms with Gasteiger partial charge in [0.2, 0.25) is 11.8 Å². The summed E-state index contributed by atoms with van der Waals surface area (Å²) in [7, 11) is 0. The Labute approximate surface area is 154 Å². The Morgan fingerprint density at radius 1 is 1.04 bits per heavy atom. The van der Waals surface area contributed by atoms with Crippen LogP contribution < -0.4 is 15.5 Å². The smallest absolute Gasteiger partial charge is 0.243 e. The van der Waals surface area contributed by atoms with Crippen molar-refractivity contribution in [3.8, 4) is 0 Å². The molecule has 0 spiro atoms. The van der Waals surface area contributed by atoms with Crippen LogP contribution in [0.2, 0.25) is 0 Å². The average molecular weight is 351 g/mol. The van der Waals surface area contributed by atoms with Gasteiger partial charge in [0.15, 0.2) is 0 Å². The first-order valence-corrected chi connectivity index (χ1v) is 8.93. The summed E-state index contributed by atoms with van der Waals surface area (Å²) in [5, 5.41) is 5.61. The molecule has 1 aliphatic rings. The van der Waals surface area contributed by atoms with E-state index in [2.05, 4.69) is 28.5 Å². The number of carbonyl (C=O) groups is 2. The van der Waals surface area contributed by atoms with E-state index >= 15 is 0 Å². The van der Waals surface area contributed by atoms with Gasteiger partial charge in [-0.05, 0) is 49.9 Å². The molecule has 136 valence electrons.